The van der Waals surface area contributed by atoms with Gasteiger partial charge in [-0.3, -0.25) is 4.90 Å². The number of nitrogens with zero attached hydrogens (tertiary/aromatic N) is 5. The number of thiazole rings is 1. The van der Waals surface area contributed by atoms with Crippen LogP contribution in [0.2, 0.25) is 5.02 Å². The zero-order valence-corrected chi connectivity index (χ0v) is 25.3. The fourth-order valence-corrected chi connectivity index (χ4v) is 6.72. The molecule has 1 N–H and O–H groups in total. The molecule has 0 amide bonds. The van der Waals surface area contributed by atoms with E-state index in [0.717, 1.165) is 75.8 Å². The number of hydrogen-bond acceptors (Lipinski definition) is 8. The van der Waals surface area contributed by atoms with E-state index >= 15 is 0 Å². The molecule has 10 heteroatoms. The monoisotopic (exact) mass is 591 g/mol. The molecule has 8 nitrogen and oxygen atoms in total. The third-order valence-electron chi connectivity index (χ3n) is 7.54. The lowest BCUT2D eigenvalue weighted by Crippen LogP contribution is -2.47. The topological polar surface area (TPSA) is 91.7 Å². The highest BCUT2D eigenvalue weighted by molar-refractivity contribution is 7.22. The van der Waals surface area contributed by atoms with E-state index in [1.165, 1.54) is 24.2 Å². The lowest BCUT2D eigenvalue weighted by molar-refractivity contribution is -0.160. The summed E-state index contributed by atoms with van der Waals surface area (Å²) in [5.74, 6) is -0.318. The van der Waals surface area contributed by atoms with Crippen LogP contribution < -0.4 is 4.90 Å². The van der Waals surface area contributed by atoms with Gasteiger partial charge in [0.05, 0.1) is 15.8 Å². The molecular weight excluding hydrogens is 558 g/mol. The number of benzene rings is 2. The molecule has 1 atom stereocenters. The van der Waals surface area contributed by atoms with Crippen LogP contribution in [0, 0.1) is 6.92 Å². The summed E-state index contributed by atoms with van der Waals surface area (Å²) in [5.41, 5.74) is 3.94. The number of carboxylic acids is 1. The van der Waals surface area contributed by atoms with Crippen LogP contribution in [-0.4, -0.2) is 68.7 Å². The molecule has 214 valence electrons. The fourth-order valence-electron chi connectivity index (χ4n) is 5.49. The molecule has 1 aliphatic carbocycles. The first-order valence-electron chi connectivity index (χ1n) is 14.0. The zero-order valence-electron chi connectivity index (χ0n) is 23.7. The zero-order chi connectivity index (χ0) is 28.9. The highest BCUT2D eigenvalue weighted by Crippen LogP contribution is 2.44. The van der Waals surface area contributed by atoms with Gasteiger partial charge in [0.15, 0.2) is 6.10 Å². The molecule has 2 aromatic heterocycles. The van der Waals surface area contributed by atoms with Gasteiger partial charge in [0.1, 0.15) is 10.7 Å². The number of anilines is 1. The molecule has 3 heterocycles. The van der Waals surface area contributed by atoms with E-state index in [2.05, 4.69) is 14.8 Å². The van der Waals surface area contributed by atoms with Crippen molar-refractivity contribution in [2.75, 3.05) is 31.1 Å². The van der Waals surface area contributed by atoms with Crippen LogP contribution >= 0.6 is 22.9 Å². The van der Waals surface area contributed by atoms with Crippen molar-refractivity contribution in [1.29, 1.82) is 0 Å². The molecule has 0 bridgehead atoms. The van der Waals surface area contributed by atoms with E-state index in [4.69, 9.17) is 26.3 Å². The van der Waals surface area contributed by atoms with Crippen molar-refractivity contribution in [3.05, 3.63) is 58.7 Å². The molecule has 4 aromatic rings. The second-order valence-electron chi connectivity index (χ2n) is 11.8. The van der Waals surface area contributed by atoms with E-state index < -0.39 is 17.7 Å². The maximum absolute atomic E-state index is 12.6. The molecule has 6 rings (SSSR count). The van der Waals surface area contributed by atoms with E-state index in [9.17, 15) is 9.90 Å². The Hall–Kier alpha value is -3.11. The number of halogens is 1. The second kappa shape index (κ2) is 10.9. The maximum Gasteiger partial charge on any atom is 0.337 e. The third-order valence-corrected chi connectivity index (χ3v) is 8.90. The first-order chi connectivity index (χ1) is 19.6. The quantitative estimate of drug-likeness (QED) is 0.257. The Bertz CT molecular complexity index is 1590. The number of carboxylic acid groups (broad SMARTS) is 1. The molecule has 2 aromatic carbocycles. The Morgan fingerprint density at radius 1 is 1.10 bits per heavy atom. The average Bonchev–Trinajstić information content (AvgIpc) is 3.70. The predicted molar refractivity (Wildman–Crippen MR) is 164 cm³/mol. The fraction of sp³-hybridized carbons (Fsp3) is 0.419. The van der Waals surface area contributed by atoms with Crippen LogP contribution in [0.25, 0.3) is 32.0 Å². The molecule has 41 heavy (non-hydrogen) atoms. The van der Waals surface area contributed by atoms with Crippen molar-refractivity contribution < 1.29 is 14.6 Å². The second-order valence-corrected chi connectivity index (χ2v) is 13.2. The van der Waals surface area contributed by atoms with Crippen LogP contribution in [0.3, 0.4) is 0 Å². The van der Waals surface area contributed by atoms with Gasteiger partial charge in [0.2, 0.25) is 5.95 Å². The molecule has 1 saturated heterocycles. The summed E-state index contributed by atoms with van der Waals surface area (Å²) in [5, 5.41) is 11.7. The van der Waals surface area contributed by atoms with Crippen LogP contribution in [0.1, 0.15) is 50.8 Å². The molecule has 0 spiro atoms. The van der Waals surface area contributed by atoms with Gasteiger partial charge in [0, 0.05) is 54.6 Å². The average molecular weight is 592 g/mol. The molecule has 2 aliphatic rings. The van der Waals surface area contributed by atoms with Gasteiger partial charge in [-0.15, -0.1) is 11.3 Å². The van der Waals surface area contributed by atoms with E-state index in [1.807, 2.05) is 64.1 Å². The Labute approximate surface area is 249 Å². The summed E-state index contributed by atoms with van der Waals surface area (Å²) < 4.78 is 7.01. The van der Waals surface area contributed by atoms with Crippen molar-refractivity contribution in [3.63, 3.8) is 0 Å². The molecule has 0 radical (unpaired) electrons. The van der Waals surface area contributed by atoms with Crippen molar-refractivity contribution >= 4 is 45.1 Å². The predicted octanol–water partition coefficient (Wildman–Crippen LogP) is 6.61. The minimum absolute atomic E-state index is 0.608. The van der Waals surface area contributed by atoms with Crippen molar-refractivity contribution in [2.45, 2.75) is 58.3 Å². The lowest BCUT2D eigenvalue weighted by atomic mass is 9.91. The number of aliphatic carboxylic acids is 1. The highest BCUT2D eigenvalue weighted by Gasteiger charge is 2.33. The highest BCUT2D eigenvalue weighted by atomic mass is 35.5. The van der Waals surface area contributed by atoms with Gasteiger partial charge in [-0.1, -0.05) is 23.7 Å². The summed E-state index contributed by atoms with van der Waals surface area (Å²) in [6.07, 6.45) is 3.28. The number of rotatable bonds is 7. The van der Waals surface area contributed by atoms with E-state index in [0.29, 0.717) is 10.6 Å². The van der Waals surface area contributed by atoms with Gasteiger partial charge >= 0.3 is 5.97 Å². The molecule has 2 fully saturated rings. The maximum atomic E-state index is 12.6. The van der Waals surface area contributed by atoms with Gasteiger partial charge in [-0.25, -0.2) is 19.7 Å². The number of fused-ring (bicyclic) bond motifs is 1. The Kier molecular flexibility index (Phi) is 7.48. The largest absolute Gasteiger partial charge is 0.479 e. The smallest absolute Gasteiger partial charge is 0.337 e. The van der Waals surface area contributed by atoms with E-state index in [-0.39, 0.29) is 0 Å². The third kappa shape index (κ3) is 5.95. The first kappa shape index (κ1) is 28.0. The van der Waals surface area contributed by atoms with Crippen molar-refractivity contribution in [2.24, 2.45) is 0 Å². The molecule has 0 unspecified atom stereocenters. The van der Waals surface area contributed by atoms with Crippen LogP contribution in [0.4, 0.5) is 5.95 Å². The first-order valence-corrected chi connectivity index (χ1v) is 15.2. The number of carbonyl (C=O) groups is 1. The van der Waals surface area contributed by atoms with Crippen molar-refractivity contribution in [1.82, 2.24) is 19.9 Å². The lowest BCUT2D eigenvalue weighted by Gasteiger charge is -2.34. The molecular formula is C31H34ClN5O3S. The Morgan fingerprint density at radius 2 is 1.80 bits per heavy atom. The summed E-state index contributed by atoms with van der Waals surface area (Å²) in [4.78, 5) is 31.9. The van der Waals surface area contributed by atoms with Gasteiger partial charge in [-0.2, -0.15) is 0 Å². The van der Waals surface area contributed by atoms with E-state index in [1.54, 1.807) is 6.20 Å². The minimum atomic E-state index is -1.16. The number of hydrogen-bond donors (Lipinski definition) is 1. The number of aromatic nitrogens is 3. The summed E-state index contributed by atoms with van der Waals surface area (Å²) >= 11 is 7.73. The van der Waals surface area contributed by atoms with Crippen molar-refractivity contribution in [3.8, 4) is 21.8 Å². The van der Waals surface area contributed by atoms with Crippen LogP contribution in [0.15, 0.2) is 42.6 Å². The molecule has 1 saturated carbocycles. The number of piperazine rings is 1. The minimum Gasteiger partial charge on any atom is -0.479 e. The normalized spacial score (nSPS) is 17.2. The summed E-state index contributed by atoms with van der Waals surface area (Å²) in [6, 6.07) is 12.1. The van der Waals surface area contributed by atoms with Gasteiger partial charge in [0.25, 0.3) is 0 Å². The summed E-state index contributed by atoms with van der Waals surface area (Å²) in [6.45, 7) is 11.4. The van der Waals surface area contributed by atoms with Crippen LogP contribution in [-0.2, 0) is 9.53 Å². The van der Waals surface area contributed by atoms with Crippen LogP contribution in [0.5, 0.6) is 0 Å². The standard InChI is InChI=1S/C31H34ClN5O3S/c1-18-17-23-27(25(19-5-7-20(32)8-6-19)24(18)26(29(38)39)40-31(2,3)4)41-28(34-23)22-11-12-33-30(35-22)37-15-13-36(14-16-37)21-9-10-21/h5-8,11-12,17,21,26H,9-10,13-16H2,1-4H3,(H,38,39)/t26-/m0/s1. The Balaban J connectivity index is 1.44. The Morgan fingerprint density at radius 3 is 2.44 bits per heavy atom. The summed E-state index contributed by atoms with van der Waals surface area (Å²) in [7, 11) is 0. The van der Waals surface area contributed by atoms with Gasteiger partial charge in [-0.05, 0) is 75.9 Å². The number of aryl methyl sites for hydroxylation is 1. The SMILES string of the molecule is Cc1cc2nc(-c3ccnc(N4CCN(C5CC5)CC4)n3)sc2c(-c2ccc(Cl)cc2)c1[C@H](OC(C)(C)C)C(=O)O. The number of ether oxygens (including phenoxy) is 1. The molecule has 1 aliphatic heterocycles. The van der Waals surface area contributed by atoms with Gasteiger partial charge < -0.3 is 14.7 Å².